The second-order valence-corrected chi connectivity index (χ2v) is 6.55. The Morgan fingerprint density at radius 3 is 3.08 bits per heavy atom. The van der Waals surface area contributed by atoms with E-state index in [1.54, 1.807) is 36.8 Å². The Hall–Kier alpha value is -2.44. The summed E-state index contributed by atoms with van der Waals surface area (Å²) in [5, 5.41) is 0.513. The van der Waals surface area contributed by atoms with Gasteiger partial charge < -0.3 is 4.74 Å². The van der Waals surface area contributed by atoms with Crippen LogP contribution in [-0.2, 0) is 6.54 Å². The van der Waals surface area contributed by atoms with E-state index in [9.17, 15) is 4.79 Å². The number of hydrogen-bond acceptors (Lipinski definition) is 5. The Morgan fingerprint density at radius 1 is 1.32 bits per heavy atom. The van der Waals surface area contributed by atoms with E-state index in [1.165, 1.54) is 4.40 Å². The maximum absolute atomic E-state index is 12.2. The Kier molecular flexibility index (Phi) is 4.38. The quantitative estimate of drug-likeness (QED) is 0.718. The van der Waals surface area contributed by atoms with Gasteiger partial charge in [-0.1, -0.05) is 11.6 Å². The molecule has 0 N–H and O–H groups in total. The average molecular weight is 357 g/mol. The van der Waals surface area contributed by atoms with E-state index in [2.05, 4.69) is 14.9 Å². The molecule has 128 valence electrons. The number of aromatic nitrogens is 3. The van der Waals surface area contributed by atoms with Crippen molar-refractivity contribution in [1.29, 1.82) is 0 Å². The van der Waals surface area contributed by atoms with Crippen LogP contribution in [-0.4, -0.2) is 38.5 Å². The highest BCUT2D eigenvalue weighted by Crippen LogP contribution is 2.18. The maximum atomic E-state index is 12.2. The summed E-state index contributed by atoms with van der Waals surface area (Å²) >= 11 is 5.94. The third-order valence-corrected chi connectivity index (χ3v) is 4.45. The molecule has 0 saturated carbocycles. The minimum Gasteiger partial charge on any atom is -0.487 e. The van der Waals surface area contributed by atoms with Gasteiger partial charge in [0, 0.05) is 38.1 Å². The highest BCUT2D eigenvalue weighted by atomic mass is 35.5. The maximum Gasteiger partial charge on any atom is 0.258 e. The van der Waals surface area contributed by atoms with Crippen LogP contribution in [0.5, 0.6) is 5.75 Å². The largest absolute Gasteiger partial charge is 0.487 e. The highest BCUT2D eigenvalue weighted by molar-refractivity contribution is 6.30. The second kappa shape index (κ2) is 6.82. The van der Waals surface area contributed by atoms with E-state index < -0.39 is 0 Å². The molecule has 7 heteroatoms. The molecule has 3 aromatic heterocycles. The summed E-state index contributed by atoms with van der Waals surface area (Å²) in [5.41, 5.74) is 1.24. The molecule has 1 aliphatic rings. The molecule has 1 unspecified atom stereocenters. The third kappa shape index (κ3) is 3.65. The predicted octanol–water partition coefficient (Wildman–Crippen LogP) is 2.40. The van der Waals surface area contributed by atoms with Crippen molar-refractivity contribution in [2.24, 2.45) is 0 Å². The summed E-state index contributed by atoms with van der Waals surface area (Å²) in [6, 6.07) is 8.83. The molecule has 0 aromatic carbocycles. The molecular formula is C18H17ClN4O2. The van der Waals surface area contributed by atoms with Gasteiger partial charge >= 0.3 is 0 Å². The van der Waals surface area contributed by atoms with Gasteiger partial charge in [-0.2, -0.15) is 0 Å². The molecular weight excluding hydrogens is 340 g/mol. The first-order valence-electron chi connectivity index (χ1n) is 8.14. The van der Waals surface area contributed by atoms with Gasteiger partial charge in [-0.15, -0.1) is 0 Å². The normalized spacial score (nSPS) is 17.9. The van der Waals surface area contributed by atoms with Crippen LogP contribution < -0.4 is 10.3 Å². The number of fused-ring (bicyclic) bond motifs is 1. The summed E-state index contributed by atoms with van der Waals surface area (Å²) in [7, 11) is 0. The van der Waals surface area contributed by atoms with Crippen molar-refractivity contribution >= 4 is 17.2 Å². The molecule has 1 aliphatic heterocycles. The zero-order valence-corrected chi connectivity index (χ0v) is 14.3. The standard InChI is InChI=1S/C18H17ClN4O2/c19-13-3-4-17-21-14(8-18(24)23(17)10-13)11-22-7-5-16(12-22)25-15-2-1-6-20-9-15/h1-4,6,8-10,16H,5,7,11-12H2. The first kappa shape index (κ1) is 16.1. The van der Waals surface area contributed by atoms with E-state index >= 15 is 0 Å². The highest BCUT2D eigenvalue weighted by Gasteiger charge is 2.24. The first-order chi connectivity index (χ1) is 12.2. The van der Waals surface area contributed by atoms with Gasteiger partial charge in [-0.3, -0.25) is 19.1 Å². The van der Waals surface area contributed by atoms with Crippen LogP contribution in [0.4, 0.5) is 0 Å². The van der Waals surface area contributed by atoms with Crippen LogP contribution in [0.1, 0.15) is 12.1 Å². The number of hydrogen-bond donors (Lipinski definition) is 0. The summed E-state index contributed by atoms with van der Waals surface area (Å²) < 4.78 is 7.41. The zero-order chi connectivity index (χ0) is 17.2. The molecule has 1 atom stereocenters. The molecule has 4 rings (SSSR count). The molecule has 0 amide bonds. The number of pyridine rings is 2. The second-order valence-electron chi connectivity index (χ2n) is 6.11. The predicted molar refractivity (Wildman–Crippen MR) is 95.0 cm³/mol. The average Bonchev–Trinajstić information content (AvgIpc) is 3.03. The van der Waals surface area contributed by atoms with E-state index in [0.717, 1.165) is 31.0 Å². The van der Waals surface area contributed by atoms with Crippen molar-refractivity contribution in [3.8, 4) is 5.75 Å². The van der Waals surface area contributed by atoms with Gasteiger partial charge in [-0.05, 0) is 30.7 Å². The SMILES string of the molecule is O=c1cc(CN2CCC(Oc3cccnc3)C2)nc2ccc(Cl)cn12. The molecule has 1 fully saturated rings. The van der Waals surface area contributed by atoms with Crippen molar-refractivity contribution < 1.29 is 4.74 Å². The van der Waals surface area contributed by atoms with Crippen molar-refractivity contribution in [2.45, 2.75) is 19.1 Å². The fourth-order valence-electron chi connectivity index (χ4n) is 3.08. The Bertz CT molecular complexity index is 945. The van der Waals surface area contributed by atoms with E-state index in [-0.39, 0.29) is 11.7 Å². The first-order valence-corrected chi connectivity index (χ1v) is 8.52. The van der Waals surface area contributed by atoms with E-state index in [4.69, 9.17) is 16.3 Å². The lowest BCUT2D eigenvalue weighted by Crippen LogP contribution is -2.26. The molecule has 1 saturated heterocycles. The monoisotopic (exact) mass is 356 g/mol. The smallest absolute Gasteiger partial charge is 0.258 e. The lowest BCUT2D eigenvalue weighted by atomic mass is 10.3. The fraction of sp³-hybridized carbons (Fsp3) is 0.278. The summed E-state index contributed by atoms with van der Waals surface area (Å²) in [6.07, 6.45) is 6.11. The van der Waals surface area contributed by atoms with Gasteiger partial charge in [0.25, 0.3) is 5.56 Å². The summed E-state index contributed by atoms with van der Waals surface area (Å²) in [4.78, 5) is 23.1. The number of nitrogens with zero attached hydrogens (tertiary/aromatic N) is 4. The molecule has 6 nitrogen and oxygen atoms in total. The van der Waals surface area contributed by atoms with Crippen LogP contribution in [0.15, 0.2) is 53.7 Å². The Morgan fingerprint density at radius 2 is 2.24 bits per heavy atom. The molecule has 25 heavy (non-hydrogen) atoms. The third-order valence-electron chi connectivity index (χ3n) is 4.23. The van der Waals surface area contributed by atoms with Gasteiger partial charge in [0.05, 0.1) is 16.9 Å². The van der Waals surface area contributed by atoms with Crippen molar-refractivity contribution in [3.05, 3.63) is 70.0 Å². The summed E-state index contributed by atoms with van der Waals surface area (Å²) in [6.45, 7) is 2.34. The zero-order valence-electron chi connectivity index (χ0n) is 13.5. The van der Waals surface area contributed by atoms with Gasteiger partial charge in [-0.25, -0.2) is 4.98 Å². The number of ether oxygens (including phenoxy) is 1. The summed E-state index contributed by atoms with van der Waals surface area (Å²) in [5.74, 6) is 0.785. The van der Waals surface area contributed by atoms with Crippen molar-refractivity contribution in [1.82, 2.24) is 19.3 Å². The number of halogens is 1. The molecule has 3 aromatic rings. The van der Waals surface area contributed by atoms with Gasteiger partial charge in [0.1, 0.15) is 17.5 Å². The van der Waals surface area contributed by atoms with Crippen LogP contribution >= 0.6 is 11.6 Å². The number of likely N-dealkylation sites (tertiary alicyclic amines) is 1. The van der Waals surface area contributed by atoms with Crippen LogP contribution in [0.3, 0.4) is 0 Å². The van der Waals surface area contributed by atoms with Crippen LogP contribution in [0.25, 0.3) is 5.65 Å². The van der Waals surface area contributed by atoms with Gasteiger partial charge in [0.15, 0.2) is 0 Å². The Balaban J connectivity index is 1.45. The van der Waals surface area contributed by atoms with Crippen molar-refractivity contribution in [3.63, 3.8) is 0 Å². The minimum absolute atomic E-state index is 0.121. The van der Waals surface area contributed by atoms with E-state index in [0.29, 0.717) is 17.2 Å². The lowest BCUT2D eigenvalue weighted by Gasteiger charge is -2.16. The van der Waals surface area contributed by atoms with Crippen LogP contribution in [0, 0.1) is 0 Å². The number of rotatable bonds is 4. The van der Waals surface area contributed by atoms with E-state index in [1.807, 2.05) is 12.1 Å². The fourth-order valence-corrected chi connectivity index (χ4v) is 3.24. The molecule has 0 bridgehead atoms. The molecule has 0 spiro atoms. The minimum atomic E-state index is -0.121. The topological polar surface area (TPSA) is 59.7 Å². The van der Waals surface area contributed by atoms with Crippen LogP contribution in [0.2, 0.25) is 5.02 Å². The van der Waals surface area contributed by atoms with Crippen molar-refractivity contribution in [2.75, 3.05) is 13.1 Å². The lowest BCUT2D eigenvalue weighted by molar-refractivity contribution is 0.197. The molecule has 0 aliphatic carbocycles. The molecule has 0 radical (unpaired) electrons. The molecule has 4 heterocycles. The Labute approximate surface area is 149 Å². The van der Waals surface area contributed by atoms with Gasteiger partial charge in [0.2, 0.25) is 0 Å².